The van der Waals surface area contributed by atoms with Crippen LogP contribution in [0.2, 0.25) is 0 Å². The van der Waals surface area contributed by atoms with Gasteiger partial charge in [0.25, 0.3) is 11.8 Å². The third kappa shape index (κ3) is 8.39. The molecule has 1 aliphatic heterocycles. The average molecular weight is 630 g/mol. The molecule has 5 rings (SSSR count). The van der Waals surface area contributed by atoms with E-state index in [9.17, 15) is 19.1 Å². The Balaban J connectivity index is 1.26. The normalized spacial score (nSPS) is 16.4. The number of alkyl halides is 1. The van der Waals surface area contributed by atoms with Crippen LogP contribution in [0, 0.1) is 6.92 Å². The number of benzene rings is 2. The lowest BCUT2D eigenvalue weighted by Crippen LogP contribution is -2.48. The quantitative estimate of drug-likeness (QED) is 0.191. The maximum absolute atomic E-state index is 14.4. The number of aliphatic hydroxyl groups is 1. The SMILES string of the molecule is Cc1csc([C@H]2CCCN2C(=O)c2cccc(C(=O)N[C@@H](Cc3ccccc3)[C@H](O)CNCc3cncc(C(C)(C)F)c3)c2)n1. The van der Waals surface area contributed by atoms with Crippen LogP contribution in [0.3, 0.4) is 0 Å². The number of nitrogens with zero attached hydrogens (tertiary/aromatic N) is 3. The monoisotopic (exact) mass is 629 g/mol. The Kier molecular flexibility index (Phi) is 10.4. The highest BCUT2D eigenvalue weighted by Crippen LogP contribution is 2.35. The lowest BCUT2D eigenvalue weighted by Gasteiger charge is -2.25. The van der Waals surface area contributed by atoms with Crippen molar-refractivity contribution < 1.29 is 19.1 Å². The van der Waals surface area contributed by atoms with Gasteiger partial charge in [-0.2, -0.15) is 0 Å². The Labute approximate surface area is 267 Å². The number of halogens is 1. The van der Waals surface area contributed by atoms with E-state index in [1.807, 2.05) is 47.5 Å². The molecule has 0 radical (unpaired) electrons. The molecule has 2 aromatic carbocycles. The zero-order chi connectivity index (χ0) is 32.0. The third-order valence-electron chi connectivity index (χ3n) is 8.05. The first-order valence-corrected chi connectivity index (χ1v) is 16.2. The lowest BCUT2D eigenvalue weighted by atomic mass is 9.99. The number of aryl methyl sites for hydroxylation is 1. The summed E-state index contributed by atoms with van der Waals surface area (Å²) in [7, 11) is 0. The highest BCUT2D eigenvalue weighted by Gasteiger charge is 2.33. The molecule has 2 amide bonds. The van der Waals surface area contributed by atoms with Gasteiger partial charge in [0.2, 0.25) is 0 Å². The van der Waals surface area contributed by atoms with E-state index in [-0.39, 0.29) is 24.4 Å². The van der Waals surface area contributed by atoms with Crippen molar-refractivity contribution in [2.75, 3.05) is 13.1 Å². The molecular formula is C35H40FN5O3S. The second-order valence-electron chi connectivity index (χ2n) is 12.1. The van der Waals surface area contributed by atoms with Gasteiger partial charge in [0.05, 0.1) is 18.2 Å². The summed E-state index contributed by atoms with van der Waals surface area (Å²) in [6.07, 6.45) is 4.41. The van der Waals surface area contributed by atoms with Gasteiger partial charge in [0.15, 0.2) is 0 Å². The summed E-state index contributed by atoms with van der Waals surface area (Å²) in [5.41, 5.74) is 2.46. The van der Waals surface area contributed by atoms with Crippen molar-refractivity contribution in [3.63, 3.8) is 0 Å². The van der Waals surface area contributed by atoms with Crippen molar-refractivity contribution in [2.24, 2.45) is 0 Å². The number of amides is 2. The molecule has 2 aromatic heterocycles. The maximum Gasteiger partial charge on any atom is 0.254 e. The molecule has 0 unspecified atom stereocenters. The van der Waals surface area contributed by atoms with E-state index in [4.69, 9.17) is 0 Å². The minimum atomic E-state index is -1.51. The van der Waals surface area contributed by atoms with E-state index in [1.165, 1.54) is 20.0 Å². The van der Waals surface area contributed by atoms with Gasteiger partial charge in [-0.05, 0) is 75.4 Å². The minimum Gasteiger partial charge on any atom is -0.390 e. The molecule has 0 aliphatic carbocycles. The van der Waals surface area contributed by atoms with Crippen LogP contribution in [0.25, 0.3) is 0 Å². The average Bonchev–Trinajstić information content (AvgIpc) is 3.70. The topological polar surface area (TPSA) is 107 Å². The van der Waals surface area contributed by atoms with Gasteiger partial charge in [-0.1, -0.05) is 36.4 Å². The number of carbonyl (C=O) groups excluding carboxylic acids is 2. The number of likely N-dealkylation sites (tertiary alicyclic amines) is 1. The van der Waals surface area contributed by atoms with Crippen molar-refractivity contribution in [3.8, 4) is 0 Å². The zero-order valence-electron chi connectivity index (χ0n) is 25.9. The Morgan fingerprint density at radius 1 is 1.09 bits per heavy atom. The summed E-state index contributed by atoms with van der Waals surface area (Å²) in [6, 6.07) is 17.5. The summed E-state index contributed by atoms with van der Waals surface area (Å²) in [5.74, 6) is -0.500. The molecular weight excluding hydrogens is 589 g/mol. The molecule has 4 aromatic rings. The van der Waals surface area contributed by atoms with Crippen LogP contribution in [0.1, 0.15) is 80.8 Å². The predicted octanol–water partition coefficient (Wildman–Crippen LogP) is 5.52. The summed E-state index contributed by atoms with van der Waals surface area (Å²) in [4.78, 5) is 37.7. The van der Waals surface area contributed by atoms with Crippen LogP contribution in [0.4, 0.5) is 4.39 Å². The fraction of sp³-hybridized carbons (Fsp3) is 0.371. The Hall–Kier alpha value is -3.99. The summed E-state index contributed by atoms with van der Waals surface area (Å²) >= 11 is 1.57. The van der Waals surface area contributed by atoms with Crippen molar-refractivity contribution >= 4 is 23.2 Å². The number of pyridine rings is 1. The minimum absolute atomic E-state index is 0.0618. The predicted molar refractivity (Wildman–Crippen MR) is 174 cm³/mol. The molecule has 1 fully saturated rings. The number of nitrogens with one attached hydrogen (secondary N) is 2. The summed E-state index contributed by atoms with van der Waals surface area (Å²) in [5, 5.41) is 20.4. The van der Waals surface area contributed by atoms with Gasteiger partial charge in [-0.3, -0.25) is 14.6 Å². The molecule has 45 heavy (non-hydrogen) atoms. The fourth-order valence-electron chi connectivity index (χ4n) is 5.57. The van der Waals surface area contributed by atoms with Crippen molar-refractivity contribution in [3.05, 3.63) is 117 Å². The summed E-state index contributed by atoms with van der Waals surface area (Å²) < 4.78 is 14.4. The Morgan fingerprint density at radius 2 is 1.87 bits per heavy atom. The molecule has 3 N–H and O–H groups in total. The maximum atomic E-state index is 14.4. The zero-order valence-corrected chi connectivity index (χ0v) is 26.7. The van der Waals surface area contributed by atoms with E-state index in [1.54, 1.807) is 47.9 Å². The smallest absolute Gasteiger partial charge is 0.254 e. The van der Waals surface area contributed by atoms with E-state index in [0.717, 1.165) is 34.7 Å². The van der Waals surface area contributed by atoms with Gasteiger partial charge in [-0.25, -0.2) is 9.37 Å². The Morgan fingerprint density at radius 3 is 2.60 bits per heavy atom. The fourth-order valence-corrected chi connectivity index (χ4v) is 6.51. The summed E-state index contributed by atoms with van der Waals surface area (Å²) in [6.45, 7) is 6.13. The number of rotatable bonds is 12. The number of aromatic nitrogens is 2. The molecule has 1 saturated heterocycles. The van der Waals surface area contributed by atoms with Crippen molar-refractivity contribution in [2.45, 2.75) is 70.4 Å². The van der Waals surface area contributed by atoms with Crippen LogP contribution in [0.15, 0.2) is 78.4 Å². The number of thiazole rings is 1. The van der Waals surface area contributed by atoms with Gasteiger partial charge in [0.1, 0.15) is 10.7 Å². The molecule has 0 saturated carbocycles. The standard InChI is InChI=1S/C35H40FN5O3S/c1-23-22-45-33(39-23)30-13-8-14-41(30)34(44)27-12-7-11-26(17-27)32(43)40-29(16-24-9-5-4-6-10-24)31(42)21-38-19-25-15-28(20-37-18-25)35(2,3)36/h4-7,9-12,15,17-18,20,22,29-31,38,42H,8,13-14,16,19,21H2,1-3H3,(H,40,43)/t29-,30+,31+/m0/s1. The van der Waals surface area contributed by atoms with Crippen LogP contribution in [-0.4, -0.2) is 57.0 Å². The number of aliphatic hydroxyl groups excluding tert-OH is 1. The van der Waals surface area contributed by atoms with E-state index in [0.29, 0.717) is 36.2 Å². The first-order valence-electron chi connectivity index (χ1n) is 15.3. The van der Waals surface area contributed by atoms with Crippen LogP contribution in [0.5, 0.6) is 0 Å². The number of hydrogen-bond acceptors (Lipinski definition) is 7. The van der Waals surface area contributed by atoms with Gasteiger partial charge in [0, 0.05) is 59.8 Å². The Bertz CT molecular complexity index is 1610. The van der Waals surface area contributed by atoms with E-state index >= 15 is 0 Å². The van der Waals surface area contributed by atoms with Crippen LogP contribution < -0.4 is 10.6 Å². The molecule has 10 heteroatoms. The molecule has 0 bridgehead atoms. The van der Waals surface area contributed by atoms with Crippen LogP contribution >= 0.6 is 11.3 Å². The molecule has 1 aliphatic rings. The number of carbonyl (C=O) groups is 2. The van der Waals surface area contributed by atoms with Crippen molar-refractivity contribution in [1.82, 2.24) is 25.5 Å². The largest absolute Gasteiger partial charge is 0.390 e. The van der Waals surface area contributed by atoms with E-state index < -0.39 is 17.8 Å². The van der Waals surface area contributed by atoms with Crippen molar-refractivity contribution in [1.29, 1.82) is 0 Å². The molecule has 0 spiro atoms. The molecule has 3 atom stereocenters. The first kappa shape index (κ1) is 32.4. The van der Waals surface area contributed by atoms with Gasteiger partial charge >= 0.3 is 0 Å². The van der Waals surface area contributed by atoms with Crippen LogP contribution in [-0.2, 0) is 18.6 Å². The molecule has 3 heterocycles. The van der Waals surface area contributed by atoms with E-state index in [2.05, 4.69) is 20.6 Å². The molecule has 236 valence electrons. The van der Waals surface area contributed by atoms with Gasteiger partial charge in [-0.15, -0.1) is 11.3 Å². The lowest BCUT2D eigenvalue weighted by molar-refractivity contribution is 0.0735. The number of hydrogen-bond donors (Lipinski definition) is 3. The second-order valence-corrected chi connectivity index (χ2v) is 13.0. The molecule has 8 nitrogen and oxygen atoms in total. The van der Waals surface area contributed by atoms with Gasteiger partial charge < -0.3 is 20.6 Å². The third-order valence-corrected chi connectivity index (χ3v) is 9.11. The highest BCUT2D eigenvalue weighted by atomic mass is 32.1. The second kappa shape index (κ2) is 14.4. The highest BCUT2D eigenvalue weighted by molar-refractivity contribution is 7.09. The first-order chi connectivity index (χ1) is 21.6.